The number of amides is 1. The number of halogens is 4. The van der Waals surface area contributed by atoms with Crippen molar-refractivity contribution in [3.63, 3.8) is 0 Å². The van der Waals surface area contributed by atoms with Crippen LogP contribution in [0.15, 0.2) is 42.5 Å². The predicted molar refractivity (Wildman–Crippen MR) is 87.0 cm³/mol. The van der Waals surface area contributed by atoms with Gasteiger partial charge in [0.1, 0.15) is 5.75 Å². The maximum absolute atomic E-state index is 12.8. The van der Waals surface area contributed by atoms with Crippen LogP contribution in [0.1, 0.15) is 22.8 Å². The molecule has 2 aromatic carbocycles. The van der Waals surface area contributed by atoms with E-state index < -0.39 is 23.8 Å². The van der Waals surface area contributed by atoms with Crippen molar-refractivity contribution in [2.75, 3.05) is 5.32 Å². The van der Waals surface area contributed by atoms with Gasteiger partial charge in [-0.05, 0) is 37.3 Å². The number of rotatable bonds is 5. The van der Waals surface area contributed by atoms with Crippen LogP contribution in [-0.4, -0.2) is 18.3 Å². The number of anilines is 1. The van der Waals surface area contributed by atoms with Crippen molar-refractivity contribution in [3.05, 3.63) is 58.6 Å². The summed E-state index contributed by atoms with van der Waals surface area (Å²) in [6, 6.07) is 8.87. The molecule has 0 aliphatic rings. The molecule has 0 fully saturated rings. The zero-order chi connectivity index (χ0) is 18.6. The van der Waals surface area contributed by atoms with Gasteiger partial charge in [0, 0.05) is 0 Å². The summed E-state index contributed by atoms with van der Waals surface area (Å²) >= 11 is 5.83. The molecule has 25 heavy (non-hydrogen) atoms. The zero-order valence-corrected chi connectivity index (χ0v) is 13.7. The lowest BCUT2D eigenvalue weighted by Crippen LogP contribution is -2.30. The Kier molecular flexibility index (Phi) is 5.69. The van der Waals surface area contributed by atoms with Crippen LogP contribution in [0.4, 0.5) is 18.9 Å². The lowest BCUT2D eigenvalue weighted by molar-refractivity contribution is -0.137. The van der Waals surface area contributed by atoms with E-state index in [9.17, 15) is 22.8 Å². The van der Waals surface area contributed by atoms with Gasteiger partial charge >= 0.3 is 6.18 Å². The Morgan fingerprint density at radius 1 is 1.24 bits per heavy atom. The number of carbonyl (C=O) groups is 2. The molecular formula is C17H13ClF3NO3. The Hall–Kier alpha value is -2.54. The molecule has 0 bridgehead atoms. The van der Waals surface area contributed by atoms with Crippen molar-refractivity contribution in [2.45, 2.75) is 19.2 Å². The minimum Gasteiger partial charge on any atom is -0.480 e. The topological polar surface area (TPSA) is 55.4 Å². The molecule has 132 valence electrons. The Morgan fingerprint density at radius 3 is 2.56 bits per heavy atom. The van der Waals surface area contributed by atoms with Gasteiger partial charge in [-0.15, -0.1) is 0 Å². The van der Waals surface area contributed by atoms with Gasteiger partial charge in [-0.1, -0.05) is 23.7 Å². The van der Waals surface area contributed by atoms with Crippen LogP contribution >= 0.6 is 11.6 Å². The SMILES string of the molecule is C[C@H](Oc1ccccc1C=O)C(=O)Nc1cc(C(F)(F)F)ccc1Cl. The summed E-state index contributed by atoms with van der Waals surface area (Å²) in [5.74, 6) is -0.516. The van der Waals surface area contributed by atoms with Crippen molar-refractivity contribution in [3.8, 4) is 5.75 Å². The van der Waals surface area contributed by atoms with Gasteiger partial charge < -0.3 is 10.1 Å². The fraction of sp³-hybridized carbons (Fsp3) is 0.176. The van der Waals surface area contributed by atoms with E-state index in [2.05, 4.69) is 5.32 Å². The standard InChI is InChI=1S/C17H13ClF3NO3/c1-10(25-15-5-3-2-4-11(15)9-23)16(24)22-14-8-12(17(19,20)21)6-7-13(14)18/h2-10H,1H3,(H,22,24)/t10-/m0/s1. The predicted octanol–water partition coefficient (Wildman–Crippen LogP) is 4.58. The lowest BCUT2D eigenvalue weighted by atomic mass is 10.2. The molecule has 0 aliphatic carbocycles. The second-order valence-electron chi connectivity index (χ2n) is 5.10. The Morgan fingerprint density at radius 2 is 1.92 bits per heavy atom. The molecule has 2 aromatic rings. The highest BCUT2D eigenvalue weighted by molar-refractivity contribution is 6.33. The van der Waals surface area contributed by atoms with E-state index in [0.29, 0.717) is 6.29 Å². The third-order valence-electron chi connectivity index (χ3n) is 3.27. The van der Waals surface area contributed by atoms with Crippen LogP contribution in [0, 0.1) is 0 Å². The lowest BCUT2D eigenvalue weighted by Gasteiger charge is -2.17. The maximum atomic E-state index is 12.8. The first-order chi connectivity index (χ1) is 11.7. The number of para-hydroxylation sites is 1. The fourth-order valence-electron chi connectivity index (χ4n) is 1.96. The molecule has 4 nitrogen and oxygen atoms in total. The number of alkyl halides is 3. The van der Waals surface area contributed by atoms with Crippen LogP contribution in [0.3, 0.4) is 0 Å². The number of hydrogen-bond acceptors (Lipinski definition) is 3. The molecule has 0 aromatic heterocycles. The number of carbonyl (C=O) groups excluding carboxylic acids is 2. The van der Waals surface area contributed by atoms with E-state index in [0.717, 1.165) is 18.2 Å². The van der Waals surface area contributed by atoms with Gasteiger partial charge in [0.2, 0.25) is 0 Å². The first kappa shape index (κ1) is 18.8. The number of ether oxygens (including phenoxy) is 1. The molecule has 0 unspecified atom stereocenters. The second-order valence-corrected chi connectivity index (χ2v) is 5.50. The van der Waals surface area contributed by atoms with Crippen LogP contribution in [0.5, 0.6) is 5.75 Å². The van der Waals surface area contributed by atoms with E-state index in [1.54, 1.807) is 12.1 Å². The zero-order valence-electron chi connectivity index (χ0n) is 12.9. The van der Waals surface area contributed by atoms with E-state index in [4.69, 9.17) is 16.3 Å². The van der Waals surface area contributed by atoms with Crippen LogP contribution in [0.25, 0.3) is 0 Å². The van der Waals surface area contributed by atoms with E-state index in [1.165, 1.54) is 19.1 Å². The molecule has 8 heteroatoms. The molecule has 0 aliphatic heterocycles. The maximum Gasteiger partial charge on any atom is 0.416 e. The molecule has 2 rings (SSSR count). The van der Waals surface area contributed by atoms with Crippen LogP contribution < -0.4 is 10.1 Å². The highest BCUT2D eigenvalue weighted by Crippen LogP contribution is 2.34. The van der Waals surface area contributed by atoms with Crippen LogP contribution in [-0.2, 0) is 11.0 Å². The van der Waals surface area contributed by atoms with Gasteiger partial charge in [-0.3, -0.25) is 9.59 Å². The summed E-state index contributed by atoms with van der Waals surface area (Å²) < 4.78 is 43.7. The fourth-order valence-corrected chi connectivity index (χ4v) is 2.13. The third kappa shape index (κ3) is 4.73. The molecule has 0 saturated carbocycles. The minimum atomic E-state index is -4.56. The molecule has 1 amide bonds. The summed E-state index contributed by atoms with van der Waals surface area (Å²) in [6.45, 7) is 1.40. The van der Waals surface area contributed by atoms with Crippen LogP contribution in [0.2, 0.25) is 5.02 Å². The normalized spacial score (nSPS) is 12.4. The summed E-state index contributed by atoms with van der Waals surface area (Å²) in [6.07, 6.45) is -5.05. The quantitative estimate of drug-likeness (QED) is 0.783. The third-order valence-corrected chi connectivity index (χ3v) is 3.60. The number of aldehydes is 1. The number of hydrogen-bond donors (Lipinski definition) is 1. The number of nitrogens with one attached hydrogen (secondary N) is 1. The molecule has 0 spiro atoms. The first-order valence-electron chi connectivity index (χ1n) is 7.11. The molecule has 1 atom stereocenters. The van der Waals surface area contributed by atoms with Gasteiger partial charge in [0.15, 0.2) is 12.4 Å². The molecular weight excluding hydrogens is 359 g/mol. The van der Waals surface area contributed by atoms with Crippen molar-refractivity contribution < 1.29 is 27.5 Å². The highest BCUT2D eigenvalue weighted by Gasteiger charge is 2.31. The van der Waals surface area contributed by atoms with Gasteiger partial charge in [-0.25, -0.2) is 0 Å². The summed E-state index contributed by atoms with van der Waals surface area (Å²) in [4.78, 5) is 23.1. The average molecular weight is 372 g/mol. The van der Waals surface area contributed by atoms with E-state index in [1.807, 2.05) is 0 Å². The van der Waals surface area contributed by atoms with Crippen molar-refractivity contribution in [1.29, 1.82) is 0 Å². The monoisotopic (exact) mass is 371 g/mol. The Balaban J connectivity index is 2.15. The molecule has 1 N–H and O–H groups in total. The second kappa shape index (κ2) is 7.57. The van der Waals surface area contributed by atoms with Crippen molar-refractivity contribution >= 4 is 29.5 Å². The number of benzene rings is 2. The Labute approximate surface area is 146 Å². The molecule has 0 radical (unpaired) electrons. The Bertz CT molecular complexity index is 793. The average Bonchev–Trinajstić information content (AvgIpc) is 2.56. The first-order valence-corrected chi connectivity index (χ1v) is 7.48. The largest absolute Gasteiger partial charge is 0.480 e. The summed E-state index contributed by atoms with van der Waals surface area (Å²) in [5.41, 5.74) is -0.869. The van der Waals surface area contributed by atoms with E-state index >= 15 is 0 Å². The molecule has 0 saturated heterocycles. The van der Waals surface area contributed by atoms with Gasteiger partial charge in [0.05, 0.1) is 21.8 Å². The van der Waals surface area contributed by atoms with Crippen molar-refractivity contribution in [1.82, 2.24) is 0 Å². The summed E-state index contributed by atoms with van der Waals surface area (Å²) in [7, 11) is 0. The smallest absolute Gasteiger partial charge is 0.416 e. The summed E-state index contributed by atoms with van der Waals surface area (Å²) in [5, 5.41) is 2.26. The highest BCUT2D eigenvalue weighted by atomic mass is 35.5. The minimum absolute atomic E-state index is 0.0400. The van der Waals surface area contributed by atoms with Crippen molar-refractivity contribution in [2.24, 2.45) is 0 Å². The van der Waals surface area contributed by atoms with Gasteiger partial charge in [-0.2, -0.15) is 13.2 Å². The van der Waals surface area contributed by atoms with Gasteiger partial charge in [0.25, 0.3) is 5.91 Å². The van der Waals surface area contributed by atoms with E-state index in [-0.39, 0.29) is 22.0 Å². The molecule has 0 heterocycles.